The number of nitrogens with zero attached hydrogens (tertiary/aromatic N) is 5. The van der Waals surface area contributed by atoms with Gasteiger partial charge in [0.1, 0.15) is 0 Å². The van der Waals surface area contributed by atoms with Crippen LogP contribution in [0.25, 0.3) is 4.96 Å². The van der Waals surface area contributed by atoms with Gasteiger partial charge in [-0.1, -0.05) is 0 Å². The van der Waals surface area contributed by atoms with E-state index in [0.717, 1.165) is 30.8 Å². The quantitative estimate of drug-likeness (QED) is 0.736. The third kappa shape index (κ3) is 3.88. The van der Waals surface area contributed by atoms with Gasteiger partial charge in [0.05, 0.1) is 17.8 Å². The maximum absolute atomic E-state index is 12.5. The molecule has 0 spiro atoms. The zero-order valence-corrected chi connectivity index (χ0v) is 15.8. The summed E-state index contributed by atoms with van der Waals surface area (Å²) in [7, 11) is 0. The molecule has 4 rings (SSSR count). The average Bonchev–Trinajstić information content (AvgIpc) is 3.04. The standard InChI is InChI=1S/C18H20N6O2S/c1-12-11-27-18-21-14(7-16(25)24(12)18)10-23-6-2-3-13(9-23)17(26)22-15-8-19-4-5-20-15/h4-5,7-8,11,13H,2-3,6,9-10H2,1H3,(H,20,22,26)/t13-/m1/s1. The van der Waals surface area contributed by atoms with Crippen LogP contribution in [0.1, 0.15) is 24.2 Å². The summed E-state index contributed by atoms with van der Waals surface area (Å²) in [6, 6.07) is 1.59. The number of aryl methyl sites for hydroxylation is 1. The molecule has 0 aliphatic carbocycles. The predicted octanol–water partition coefficient (Wildman–Crippen LogP) is 1.71. The Balaban J connectivity index is 1.44. The zero-order chi connectivity index (χ0) is 18.8. The molecule has 0 unspecified atom stereocenters. The van der Waals surface area contributed by atoms with Crippen molar-refractivity contribution in [3.8, 4) is 0 Å². The summed E-state index contributed by atoms with van der Waals surface area (Å²) in [6.07, 6.45) is 6.42. The highest BCUT2D eigenvalue weighted by atomic mass is 32.1. The number of anilines is 1. The molecular weight excluding hydrogens is 364 g/mol. The number of nitrogens with one attached hydrogen (secondary N) is 1. The largest absolute Gasteiger partial charge is 0.309 e. The topological polar surface area (TPSA) is 92.5 Å². The van der Waals surface area contributed by atoms with E-state index in [9.17, 15) is 9.59 Å². The van der Waals surface area contributed by atoms with Gasteiger partial charge in [0.25, 0.3) is 5.56 Å². The van der Waals surface area contributed by atoms with Gasteiger partial charge in [-0.15, -0.1) is 11.3 Å². The second-order valence-corrected chi connectivity index (χ2v) is 7.57. The lowest BCUT2D eigenvalue weighted by atomic mass is 9.97. The Morgan fingerprint density at radius 1 is 1.41 bits per heavy atom. The minimum Gasteiger partial charge on any atom is -0.309 e. The van der Waals surface area contributed by atoms with E-state index in [4.69, 9.17) is 0 Å². The number of hydrogen-bond acceptors (Lipinski definition) is 7. The number of thiazole rings is 1. The Labute approximate surface area is 159 Å². The van der Waals surface area contributed by atoms with Crippen molar-refractivity contribution in [1.82, 2.24) is 24.3 Å². The number of piperidine rings is 1. The first-order chi connectivity index (χ1) is 13.1. The van der Waals surface area contributed by atoms with Crippen LogP contribution in [0.4, 0.5) is 5.82 Å². The van der Waals surface area contributed by atoms with E-state index in [0.29, 0.717) is 23.9 Å². The van der Waals surface area contributed by atoms with Crippen molar-refractivity contribution in [3.63, 3.8) is 0 Å². The molecule has 3 aromatic heterocycles. The van der Waals surface area contributed by atoms with E-state index >= 15 is 0 Å². The highest BCUT2D eigenvalue weighted by molar-refractivity contribution is 7.15. The third-order valence-electron chi connectivity index (χ3n) is 4.70. The van der Waals surface area contributed by atoms with Gasteiger partial charge in [0.15, 0.2) is 10.8 Å². The smallest absolute Gasteiger partial charge is 0.259 e. The van der Waals surface area contributed by atoms with Crippen LogP contribution in [0.5, 0.6) is 0 Å². The number of likely N-dealkylation sites (tertiary alicyclic amines) is 1. The molecule has 0 aromatic carbocycles. The summed E-state index contributed by atoms with van der Waals surface area (Å²) >= 11 is 1.47. The third-order valence-corrected chi connectivity index (χ3v) is 5.65. The second-order valence-electron chi connectivity index (χ2n) is 6.73. The lowest BCUT2D eigenvalue weighted by molar-refractivity contribution is -0.121. The van der Waals surface area contributed by atoms with E-state index in [-0.39, 0.29) is 17.4 Å². The van der Waals surface area contributed by atoms with Crippen molar-refractivity contribution in [2.45, 2.75) is 26.3 Å². The molecule has 1 N–H and O–H groups in total. The van der Waals surface area contributed by atoms with Crippen LogP contribution >= 0.6 is 11.3 Å². The van der Waals surface area contributed by atoms with Gasteiger partial charge in [-0.05, 0) is 26.3 Å². The number of rotatable bonds is 4. The molecule has 9 heteroatoms. The summed E-state index contributed by atoms with van der Waals surface area (Å²) in [5, 5.41) is 4.76. The van der Waals surface area contributed by atoms with Gasteiger partial charge >= 0.3 is 0 Å². The SMILES string of the molecule is Cc1csc2nc(CN3CCC[C@@H](C(=O)Nc4cnccn4)C3)cc(=O)n12. The Bertz CT molecular complexity index is 1020. The summed E-state index contributed by atoms with van der Waals surface area (Å²) in [5.41, 5.74) is 1.59. The van der Waals surface area contributed by atoms with Crippen LogP contribution in [0, 0.1) is 12.8 Å². The van der Waals surface area contributed by atoms with Crippen molar-refractivity contribution < 1.29 is 4.79 Å². The predicted molar refractivity (Wildman–Crippen MR) is 103 cm³/mol. The van der Waals surface area contributed by atoms with E-state index in [1.54, 1.807) is 22.9 Å². The van der Waals surface area contributed by atoms with Gasteiger partial charge in [0, 0.05) is 42.6 Å². The number of carbonyl (C=O) groups is 1. The highest BCUT2D eigenvalue weighted by Crippen LogP contribution is 2.20. The summed E-state index contributed by atoms with van der Waals surface area (Å²) in [5.74, 6) is 0.306. The summed E-state index contributed by atoms with van der Waals surface area (Å²) in [4.78, 5) is 40.4. The van der Waals surface area contributed by atoms with Crippen molar-refractivity contribution in [2.75, 3.05) is 18.4 Å². The molecule has 1 aliphatic rings. The minimum absolute atomic E-state index is 0.0439. The Kier molecular flexibility index (Phi) is 4.95. The fraction of sp³-hybridized carbons (Fsp3) is 0.389. The normalized spacial score (nSPS) is 17.9. The minimum atomic E-state index is -0.116. The molecule has 0 saturated carbocycles. The molecule has 27 heavy (non-hydrogen) atoms. The number of carbonyl (C=O) groups excluding carboxylic acids is 1. The monoisotopic (exact) mass is 384 g/mol. The van der Waals surface area contributed by atoms with Gasteiger partial charge in [0.2, 0.25) is 5.91 Å². The molecular formula is C18H20N6O2S. The number of fused-ring (bicyclic) bond motifs is 1. The molecule has 1 aliphatic heterocycles. The van der Waals surface area contributed by atoms with Crippen molar-refractivity contribution >= 4 is 28.0 Å². The van der Waals surface area contributed by atoms with Crippen molar-refractivity contribution in [2.24, 2.45) is 5.92 Å². The molecule has 1 atom stereocenters. The van der Waals surface area contributed by atoms with Gasteiger partial charge in [-0.3, -0.25) is 23.9 Å². The maximum atomic E-state index is 12.5. The van der Waals surface area contributed by atoms with Gasteiger partial charge in [-0.25, -0.2) is 9.97 Å². The lowest BCUT2D eigenvalue weighted by Crippen LogP contribution is -2.40. The molecule has 3 aromatic rings. The average molecular weight is 384 g/mol. The van der Waals surface area contributed by atoms with E-state index in [1.807, 2.05) is 12.3 Å². The van der Waals surface area contributed by atoms with E-state index in [1.165, 1.54) is 17.5 Å². The van der Waals surface area contributed by atoms with Gasteiger partial charge < -0.3 is 5.32 Å². The number of aromatic nitrogens is 4. The Hall–Kier alpha value is -2.65. The molecule has 140 valence electrons. The molecule has 1 saturated heterocycles. The highest BCUT2D eigenvalue weighted by Gasteiger charge is 2.26. The molecule has 1 fully saturated rings. The summed E-state index contributed by atoms with van der Waals surface area (Å²) < 4.78 is 1.63. The van der Waals surface area contributed by atoms with Crippen LogP contribution in [-0.2, 0) is 11.3 Å². The fourth-order valence-corrected chi connectivity index (χ4v) is 4.31. The van der Waals surface area contributed by atoms with Crippen LogP contribution in [0.15, 0.2) is 34.8 Å². The van der Waals surface area contributed by atoms with E-state index in [2.05, 4.69) is 25.2 Å². The van der Waals surface area contributed by atoms with Crippen LogP contribution < -0.4 is 10.9 Å². The van der Waals surface area contributed by atoms with Crippen LogP contribution in [-0.4, -0.2) is 43.2 Å². The Morgan fingerprint density at radius 3 is 3.11 bits per heavy atom. The number of hydrogen-bond donors (Lipinski definition) is 1. The zero-order valence-electron chi connectivity index (χ0n) is 15.0. The molecule has 0 bridgehead atoms. The first-order valence-corrected chi connectivity index (χ1v) is 9.74. The molecule has 8 nitrogen and oxygen atoms in total. The first kappa shape index (κ1) is 17.7. The van der Waals surface area contributed by atoms with E-state index < -0.39 is 0 Å². The summed E-state index contributed by atoms with van der Waals surface area (Å²) in [6.45, 7) is 3.99. The molecule has 1 amide bonds. The maximum Gasteiger partial charge on any atom is 0.259 e. The van der Waals surface area contributed by atoms with Crippen molar-refractivity contribution in [3.05, 3.63) is 51.8 Å². The first-order valence-electron chi connectivity index (χ1n) is 8.86. The molecule has 0 radical (unpaired) electrons. The lowest BCUT2D eigenvalue weighted by Gasteiger charge is -2.31. The van der Waals surface area contributed by atoms with Crippen LogP contribution in [0.2, 0.25) is 0 Å². The van der Waals surface area contributed by atoms with Crippen LogP contribution in [0.3, 0.4) is 0 Å². The van der Waals surface area contributed by atoms with Crippen molar-refractivity contribution in [1.29, 1.82) is 0 Å². The Morgan fingerprint density at radius 2 is 2.30 bits per heavy atom. The fourth-order valence-electron chi connectivity index (χ4n) is 3.42. The second kappa shape index (κ2) is 7.53. The molecule has 4 heterocycles. The van der Waals surface area contributed by atoms with Gasteiger partial charge in [-0.2, -0.15) is 0 Å². The number of amides is 1.